The third-order valence-electron chi connectivity index (χ3n) is 8.40. The monoisotopic (exact) mass is 544 g/mol. The van der Waals surface area contributed by atoms with Gasteiger partial charge < -0.3 is 9.84 Å². The van der Waals surface area contributed by atoms with Gasteiger partial charge in [-0.1, -0.05) is 62.1 Å². The zero-order chi connectivity index (χ0) is 28.4. The quantitative estimate of drug-likeness (QED) is 0.156. The molecule has 2 fully saturated rings. The maximum atomic E-state index is 13.8. The first-order valence-electron chi connectivity index (χ1n) is 14.3. The first kappa shape index (κ1) is 27.8. The van der Waals surface area contributed by atoms with Crippen LogP contribution in [-0.2, 0) is 14.3 Å². The van der Waals surface area contributed by atoms with Gasteiger partial charge in [0.1, 0.15) is 5.75 Å². The Morgan fingerprint density at radius 1 is 1.07 bits per heavy atom. The Hall–Kier alpha value is -3.78. The number of phenols is 1. The third-order valence-corrected chi connectivity index (χ3v) is 8.40. The summed E-state index contributed by atoms with van der Waals surface area (Å²) in [6.07, 6.45) is 7.94. The van der Waals surface area contributed by atoms with Crippen LogP contribution in [0.4, 0.5) is 11.4 Å². The predicted molar refractivity (Wildman–Crippen MR) is 153 cm³/mol. The van der Waals surface area contributed by atoms with Gasteiger partial charge in [-0.2, -0.15) is 0 Å². The number of rotatable bonds is 10. The van der Waals surface area contributed by atoms with Crippen molar-refractivity contribution < 1.29 is 24.4 Å². The number of carbonyl (C=O) groups is 2. The van der Waals surface area contributed by atoms with Crippen molar-refractivity contribution in [2.45, 2.75) is 64.9 Å². The Labute approximate surface area is 234 Å². The van der Waals surface area contributed by atoms with Crippen molar-refractivity contribution in [3.63, 3.8) is 0 Å². The van der Waals surface area contributed by atoms with E-state index in [0.717, 1.165) is 44.1 Å². The normalized spacial score (nSPS) is 24.4. The molecule has 0 unspecified atom stereocenters. The average Bonchev–Trinajstić information content (AvgIpc) is 3.46. The molecule has 3 aliphatic rings. The van der Waals surface area contributed by atoms with E-state index in [2.05, 4.69) is 19.9 Å². The number of ether oxygens (including phenoxy) is 1. The van der Waals surface area contributed by atoms with Crippen molar-refractivity contribution in [2.75, 3.05) is 11.5 Å². The van der Waals surface area contributed by atoms with Crippen LogP contribution in [0.2, 0.25) is 0 Å². The van der Waals surface area contributed by atoms with Crippen LogP contribution in [0.1, 0.15) is 64.4 Å². The van der Waals surface area contributed by atoms with Crippen molar-refractivity contribution in [1.82, 2.24) is 0 Å². The number of nitro benzene ring substituents is 1. The van der Waals surface area contributed by atoms with E-state index in [1.54, 1.807) is 18.2 Å². The van der Waals surface area contributed by atoms with Crippen LogP contribution in [0.15, 0.2) is 65.3 Å². The molecule has 1 N–H and O–H groups in total. The number of hydrogen-bond acceptors (Lipinski definition) is 6. The summed E-state index contributed by atoms with van der Waals surface area (Å²) in [4.78, 5) is 39.3. The molecule has 8 heteroatoms. The number of fused-ring (bicyclic) bond motifs is 3. The summed E-state index contributed by atoms with van der Waals surface area (Å²) in [5.41, 5.74) is 4.79. The molecular weight excluding hydrogens is 508 g/mol. The van der Waals surface area contributed by atoms with E-state index >= 15 is 0 Å². The van der Waals surface area contributed by atoms with E-state index in [9.17, 15) is 24.8 Å². The molecule has 0 spiro atoms. The first-order valence-corrected chi connectivity index (χ1v) is 14.3. The van der Waals surface area contributed by atoms with Gasteiger partial charge in [-0.05, 0) is 61.4 Å². The zero-order valence-corrected chi connectivity index (χ0v) is 23.0. The molecule has 0 bridgehead atoms. The number of allylic oxidation sites excluding steroid dienone is 2. The van der Waals surface area contributed by atoms with E-state index in [1.807, 2.05) is 12.1 Å². The van der Waals surface area contributed by atoms with Crippen LogP contribution in [0.25, 0.3) is 6.08 Å². The summed E-state index contributed by atoms with van der Waals surface area (Å²) in [5, 5.41) is 21.2. The molecule has 210 valence electrons. The molecule has 2 heterocycles. The number of anilines is 1. The van der Waals surface area contributed by atoms with Gasteiger partial charge in [-0.25, -0.2) is 4.90 Å². The van der Waals surface area contributed by atoms with Crippen LogP contribution in [-0.4, -0.2) is 34.6 Å². The van der Waals surface area contributed by atoms with Gasteiger partial charge in [0.2, 0.25) is 11.8 Å². The molecule has 0 saturated carbocycles. The Balaban J connectivity index is 1.39. The van der Waals surface area contributed by atoms with Crippen LogP contribution >= 0.6 is 0 Å². The number of aromatic hydroxyl groups is 1. The number of phenolic OH excluding ortho intramolecular Hbond substituents is 1. The highest BCUT2D eigenvalue weighted by Crippen LogP contribution is 2.51. The molecule has 2 aromatic carbocycles. The van der Waals surface area contributed by atoms with E-state index in [1.165, 1.54) is 39.8 Å². The minimum atomic E-state index is -0.516. The van der Waals surface area contributed by atoms with E-state index < -0.39 is 16.8 Å². The summed E-state index contributed by atoms with van der Waals surface area (Å²) < 4.78 is 6.36. The van der Waals surface area contributed by atoms with Crippen LogP contribution in [0.3, 0.4) is 0 Å². The zero-order valence-electron chi connectivity index (χ0n) is 23.0. The summed E-state index contributed by atoms with van der Waals surface area (Å²) >= 11 is 0. The standard InChI is InChI=1S/C32H36N2O6/c1-3-7-20(15-21-9-5-12-25(35)16-21)13-14-28-29-22(8-4-2)17-26-30(27(29)19-40-28)32(37)33(31(26)36)23-10-6-11-24(18-23)34(38)39/h5-6,9-12,15-16,18,26-28,30,35H,3-4,7-8,13-14,17,19H2,1-2H3/b20-15+/t26-,27+,28-,30-/m1/s1. The molecule has 40 heavy (non-hydrogen) atoms. The molecule has 2 saturated heterocycles. The van der Waals surface area contributed by atoms with Gasteiger partial charge in [-0.3, -0.25) is 19.7 Å². The van der Waals surface area contributed by atoms with Crippen molar-refractivity contribution in [3.8, 4) is 5.75 Å². The summed E-state index contributed by atoms with van der Waals surface area (Å²) in [7, 11) is 0. The smallest absolute Gasteiger partial charge is 0.271 e. The number of non-ortho nitro benzene ring substituents is 1. The molecule has 5 rings (SSSR count). The fourth-order valence-corrected chi connectivity index (χ4v) is 6.77. The largest absolute Gasteiger partial charge is 0.508 e. The van der Waals surface area contributed by atoms with Crippen molar-refractivity contribution in [2.24, 2.45) is 17.8 Å². The molecule has 1 aliphatic carbocycles. The lowest BCUT2D eigenvalue weighted by atomic mass is 9.68. The van der Waals surface area contributed by atoms with Crippen molar-refractivity contribution >= 4 is 29.3 Å². The third kappa shape index (κ3) is 5.32. The second-order valence-electron chi connectivity index (χ2n) is 11.0. The molecule has 8 nitrogen and oxygen atoms in total. The summed E-state index contributed by atoms with van der Waals surface area (Å²) in [5.74, 6) is -1.45. The minimum absolute atomic E-state index is 0.105. The number of nitrogens with zero attached hydrogens (tertiary/aromatic N) is 2. The van der Waals surface area contributed by atoms with Crippen LogP contribution in [0, 0.1) is 27.9 Å². The Bertz CT molecular complexity index is 1380. The van der Waals surface area contributed by atoms with Crippen LogP contribution < -0.4 is 4.90 Å². The number of carbonyl (C=O) groups excluding carboxylic acids is 2. The highest BCUT2D eigenvalue weighted by molar-refractivity contribution is 6.22. The molecule has 2 aliphatic heterocycles. The second kappa shape index (κ2) is 11.8. The van der Waals surface area contributed by atoms with Crippen LogP contribution in [0.5, 0.6) is 5.75 Å². The Kier molecular flexibility index (Phi) is 8.17. The number of amides is 2. The molecular formula is C32H36N2O6. The fraction of sp³-hybridized carbons (Fsp3) is 0.438. The van der Waals surface area contributed by atoms with Gasteiger partial charge in [0.05, 0.1) is 35.2 Å². The maximum Gasteiger partial charge on any atom is 0.271 e. The lowest BCUT2D eigenvalue weighted by Gasteiger charge is -2.32. The fourth-order valence-electron chi connectivity index (χ4n) is 6.77. The molecule has 0 radical (unpaired) electrons. The van der Waals surface area contributed by atoms with Gasteiger partial charge >= 0.3 is 0 Å². The lowest BCUT2D eigenvalue weighted by Crippen LogP contribution is -2.34. The number of imide groups is 1. The van der Waals surface area contributed by atoms with Crippen molar-refractivity contribution in [1.29, 1.82) is 0 Å². The lowest BCUT2D eigenvalue weighted by molar-refractivity contribution is -0.384. The van der Waals surface area contributed by atoms with E-state index in [4.69, 9.17) is 4.74 Å². The second-order valence-corrected chi connectivity index (χ2v) is 11.0. The van der Waals surface area contributed by atoms with Gasteiger partial charge in [0.15, 0.2) is 0 Å². The molecule has 2 aromatic rings. The predicted octanol–water partition coefficient (Wildman–Crippen LogP) is 6.59. The summed E-state index contributed by atoms with van der Waals surface area (Å²) in [6, 6.07) is 13.0. The SMILES string of the molecule is CCCC1=C2[C@@H](CC/C(=C/c3cccc(O)c3)CCC)OC[C@@H]2[C@@H]2C(=O)N(c3cccc([N+](=O)[O-])c3)C(=O)[C@@H]2C1. The number of benzene rings is 2. The molecule has 4 atom stereocenters. The first-order chi connectivity index (χ1) is 19.3. The highest BCUT2D eigenvalue weighted by atomic mass is 16.6. The van der Waals surface area contributed by atoms with Gasteiger partial charge in [0.25, 0.3) is 5.69 Å². The topological polar surface area (TPSA) is 110 Å². The number of hydrogen-bond donors (Lipinski definition) is 1. The van der Waals surface area contributed by atoms with Gasteiger partial charge in [0, 0.05) is 18.1 Å². The molecule has 0 aromatic heterocycles. The maximum absolute atomic E-state index is 13.8. The average molecular weight is 545 g/mol. The Morgan fingerprint density at radius 2 is 1.88 bits per heavy atom. The minimum Gasteiger partial charge on any atom is -0.508 e. The van der Waals surface area contributed by atoms with E-state index in [0.29, 0.717) is 13.0 Å². The Morgan fingerprint density at radius 3 is 2.60 bits per heavy atom. The number of nitro groups is 1. The van der Waals surface area contributed by atoms with E-state index in [-0.39, 0.29) is 41.0 Å². The summed E-state index contributed by atoms with van der Waals surface area (Å²) in [6.45, 7) is 4.67. The van der Waals surface area contributed by atoms with Crippen molar-refractivity contribution in [3.05, 3.63) is 80.9 Å². The van der Waals surface area contributed by atoms with Gasteiger partial charge in [-0.15, -0.1) is 0 Å². The highest BCUT2D eigenvalue weighted by Gasteiger charge is 2.57. The molecule has 2 amide bonds.